The van der Waals surface area contributed by atoms with E-state index in [1.165, 1.54) is 0 Å². The smallest absolute Gasteiger partial charge is 0.170 e. The Labute approximate surface area is 111 Å². The van der Waals surface area contributed by atoms with Crippen molar-refractivity contribution >= 4 is 5.84 Å². The van der Waals surface area contributed by atoms with E-state index in [1.807, 2.05) is 32.0 Å². The third kappa shape index (κ3) is 3.01. The summed E-state index contributed by atoms with van der Waals surface area (Å²) in [6.07, 6.45) is 1.67. The molecular weight excluding hydrogens is 242 g/mol. The van der Waals surface area contributed by atoms with Gasteiger partial charge in [-0.1, -0.05) is 5.16 Å². The molecule has 1 aromatic heterocycles. The molecule has 5 heteroatoms. The van der Waals surface area contributed by atoms with Gasteiger partial charge in [0.05, 0.1) is 6.20 Å². The zero-order valence-corrected chi connectivity index (χ0v) is 10.8. The lowest BCUT2D eigenvalue weighted by Gasteiger charge is -2.09. The van der Waals surface area contributed by atoms with Crippen molar-refractivity contribution in [1.29, 1.82) is 0 Å². The molecule has 0 amide bonds. The molecule has 0 saturated carbocycles. The van der Waals surface area contributed by atoms with Crippen molar-refractivity contribution in [3.8, 4) is 11.5 Å². The van der Waals surface area contributed by atoms with E-state index in [2.05, 4.69) is 10.1 Å². The van der Waals surface area contributed by atoms with Crippen molar-refractivity contribution < 1.29 is 9.94 Å². The van der Waals surface area contributed by atoms with Crippen LogP contribution < -0.4 is 10.5 Å². The van der Waals surface area contributed by atoms with Gasteiger partial charge in [-0.25, -0.2) is 0 Å². The second-order valence-electron chi connectivity index (χ2n) is 4.20. The highest BCUT2D eigenvalue weighted by atomic mass is 16.5. The fourth-order valence-corrected chi connectivity index (χ4v) is 1.69. The van der Waals surface area contributed by atoms with Crippen LogP contribution in [0.15, 0.2) is 41.7 Å². The summed E-state index contributed by atoms with van der Waals surface area (Å²) < 4.78 is 5.68. The maximum atomic E-state index is 8.67. The molecule has 0 aliphatic rings. The van der Waals surface area contributed by atoms with Gasteiger partial charge < -0.3 is 15.7 Å². The molecule has 0 atom stereocenters. The molecule has 0 unspecified atom stereocenters. The molecule has 2 aromatic rings. The molecule has 0 aliphatic heterocycles. The van der Waals surface area contributed by atoms with Crippen molar-refractivity contribution in [2.75, 3.05) is 0 Å². The van der Waals surface area contributed by atoms with Crippen LogP contribution in [0.5, 0.6) is 11.5 Å². The summed E-state index contributed by atoms with van der Waals surface area (Å²) >= 11 is 0. The van der Waals surface area contributed by atoms with Crippen LogP contribution >= 0.6 is 0 Å². The maximum Gasteiger partial charge on any atom is 0.170 e. The van der Waals surface area contributed by atoms with E-state index in [-0.39, 0.29) is 5.84 Å². The van der Waals surface area contributed by atoms with Gasteiger partial charge in [0.2, 0.25) is 0 Å². The first kappa shape index (κ1) is 12.9. The van der Waals surface area contributed by atoms with Crippen LogP contribution in [0.3, 0.4) is 0 Å². The van der Waals surface area contributed by atoms with Gasteiger partial charge in [0.15, 0.2) is 5.84 Å². The minimum absolute atomic E-state index is 0.0843. The molecule has 0 spiro atoms. The monoisotopic (exact) mass is 257 g/mol. The Morgan fingerprint density at radius 1 is 1.21 bits per heavy atom. The second-order valence-corrected chi connectivity index (χ2v) is 4.20. The predicted octanol–water partition coefficient (Wildman–Crippen LogP) is 2.59. The number of oxime groups is 1. The molecule has 2 rings (SSSR count). The van der Waals surface area contributed by atoms with Crippen LogP contribution in [0.1, 0.15) is 16.8 Å². The number of nitrogens with zero attached hydrogens (tertiary/aromatic N) is 2. The zero-order chi connectivity index (χ0) is 13.8. The minimum Gasteiger partial charge on any atom is -0.456 e. The van der Waals surface area contributed by atoms with Gasteiger partial charge in [-0.15, -0.1) is 0 Å². The third-order valence-corrected chi connectivity index (χ3v) is 2.70. The predicted molar refractivity (Wildman–Crippen MR) is 72.7 cm³/mol. The van der Waals surface area contributed by atoms with E-state index in [0.717, 1.165) is 11.3 Å². The summed E-state index contributed by atoms with van der Waals surface area (Å²) in [4.78, 5) is 4.16. The molecule has 0 fully saturated rings. The van der Waals surface area contributed by atoms with Gasteiger partial charge in [0.25, 0.3) is 0 Å². The lowest BCUT2D eigenvalue weighted by molar-refractivity contribution is 0.318. The standard InChI is InChI=1S/C14H15N3O2/c1-9-7-11(5-6-13(9)14(15)17-18)19-12-4-3-10(2)16-8-12/h3-8,18H,1-2H3,(H2,15,17). The molecular formula is C14H15N3O2. The van der Waals surface area contributed by atoms with Crippen LogP contribution in [0.2, 0.25) is 0 Å². The van der Waals surface area contributed by atoms with Gasteiger partial charge in [-0.3, -0.25) is 4.98 Å². The average Bonchev–Trinajstić information content (AvgIpc) is 2.41. The lowest BCUT2D eigenvalue weighted by atomic mass is 10.1. The lowest BCUT2D eigenvalue weighted by Crippen LogP contribution is -2.14. The van der Waals surface area contributed by atoms with Gasteiger partial charge in [0, 0.05) is 11.3 Å². The van der Waals surface area contributed by atoms with Crippen LogP contribution in [0, 0.1) is 13.8 Å². The van der Waals surface area contributed by atoms with E-state index >= 15 is 0 Å². The number of rotatable bonds is 3. The van der Waals surface area contributed by atoms with Crippen molar-refractivity contribution in [3.63, 3.8) is 0 Å². The third-order valence-electron chi connectivity index (χ3n) is 2.70. The summed E-state index contributed by atoms with van der Waals surface area (Å²) in [5.41, 5.74) is 8.05. The van der Waals surface area contributed by atoms with Gasteiger partial charge in [-0.2, -0.15) is 0 Å². The van der Waals surface area contributed by atoms with E-state index < -0.39 is 0 Å². The first-order valence-corrected chi connectivity index (χ1v) is 5.79. The van der Waals surface area contributed by atoms with E-state index in [1.54, 1.807) is 18.3 Å². The highest BCUT2D eigenvalue weighted by Crippen LogP contribution is 2.23. The molecule has 3 N–H and O–H groups in total. The van der Waals surface area contributed by atoms with Crippen LogP contribution in [0.4, 0.5) is 0 Å². The highest BCUT2D eigenvalue weighted by Gasteiger charge is 2.06. The molecule has 1 heterocycles. The molecule has 0 aliphatic carbocycles. The Morgan fingerprint density at radius 2 is 1.95 bits per heavy atom. The number of nitrogens with two attached hydrogens (primary N) is 1. The number of hydrogen-bond acceptors (Lipinski definition) is 4. The molecule has 0 bridgehead atoms. The van der Waals surface area contributed by atoms with Crippen molar-refractivity contribution in [1.82, 2.24) is 4.98 Å². The molecule has 98 valence electrons. The fraction of sp³-hybridized carbons (Fsp3) is 0.143. The number of hydrogen-bond donors (Lipinski definition) is 2. The second kappa shape index (κ2) is 5.39. The zero-order valence-electron chi connectivity index (χ0n) is 10.8. The Kier molecular flexibility index (Phi) is 3.66. The Hall–Kier alpha value is -2.56. The Balaban J connectivity index is 2.23. The highest BCUT2D eigenvalue weighted by molar-refractivity contribution is 5.98. The average molecular weight is 257 g/mol. The summed E-state index contributed by atoms with van der Waals surface area (Å²) in [5.74, 6) is 1.43. The summed E-state index contributed by atoms with van der Waals surface area (Å²) in [6.45, 7) is 3.79. The number of aromatic nitrogens is 1. The van der Waals surface area contributed by atoms with Crippen LogP contribution in [-0.4, -0.2) is 16.0 Å². The molecule has 5 nitrogen and oxygen atoms in total. The van der Waals surface area contributed by atoms with Crippen molar-refractivity contribution in [2.45, 2.75) is 13.8 Å². The van der Waals surface area contributed by atoms with Gasteiger partial charge >= 0.3 is 0 Å². The molecule has 1 aromatic carbocycles. The minimum atomic E-state index is 0.0843. The summed E-state index contributed by atoms with van der Waals surface area (Å²) in [7, 11) is 0. The van der Waals surface area contributed by atoms with Crippen LogP contribution in [-0.2, 0) is 0 Å². The number of ether oxygens (including phenoxy) is 1. The summed E-state index contributed by atoms with van der Waals surface area (Å²) in [6, 6.07) is 9.08. The SMILES string of the molecule is Cc1ccc(Oc2ccc(/C(N)=N/O)c(C)c2)cn1. The largest absolute Gasteiger partial charge is 0.456 e. The Morgan fingerprint density at radius 3 is 2.53 bits per heavy atom. The first-order valence-electron chi connectivity index (χ1n) is 5.79. The number of aryl methyl sites for hydroxylation is 2. The topological polar surface area (TPSA) is 80.7 Å². The fourth-order valence-electron chi connectivity index (χ4n) is 1.69. The van der Waals surface area contributed by atoms with E-state index in [4.69, 9.17) is 15.7 Å². The molecule has 0 radical (unpaired) electrons. The van der Waals surface area contributed by atoms with E-state index in [9.17, 15) is 0 Å². The van der Waals surface area contributed by atoms with Crippen molar-refractivity contribution in [3.05, 3.63) is 53.3 Å². The molecule has 19 heavy (non-hydrogen) atoms. The number of amidine groups is 1. The first-order chi connectivity index (χ1) is 9.10. The van der Waals surface area contributed by atoms with Gasteiger partial charge in [-0.05, 0) is 49.7 Å². The van der Waals surface area contributed by atoms with Crippen molar-refractivity contribution in [2.24, 2.45) is 10.9 Å². The molecule has 0 saturated heterocycles. The number of pyridine rings is 1. The van der Waals surface area contributed by atoms with Gasteiger partial charge in [0.1, 0.15) is 11.5 Å². The summed E-state index contributed by atoms with van der Waals surface area (Å²) in [5, 5.41) is 11.7. The number of benzene rings is 1. The van der Waals surface area contributed by atoms with Crippen LogP contribution in [0.25, 0.3) is 0 Å². The normalized spacial score (nSPS) is 11.4. The maximum absolute atomic E-state index is 8.67. The van der Waals surface area contributed by atoms with E-state index in [0.29, 0.717) is 17.1 Å². The quantitative estimate of drug-likeness (QED) is 0.383. The Bertz CT molecular complexity index is 607.